The number of aromatic amines is 1. The van der Waals surface area contributed by atoms with Crippen LogP contribution in [0.3, 0.4) is 0 Å². The zero-order valence-electron chi connectivity index (χ0n) is 7.74. The van der Waals surface area contributed by atoms with Crippen molar-refractivity contribution in [3.8, 4) is 11.5 Å². The quantitative estimate of drug-likeness (QED) is 0.730. The summed E-state index contributed by atoms with van der Waals surface area (Å²) in [7, 11) is 0. The van der Waals surface area contributed by atoms with Crippen molar-refractivity contribution in [2.24, 2.45) is 0 Å². The fourth-order valence-corrected chi connectivity index (χ4v) is 1.27. The van der Waals surface area contributed by atoms with E-state index < -0.39 is 0 Å². The lowest BCUT2D eigenvalue weighted by Gasteiger charge is -2.01. The topological polar surface area (TPSA) is 70.7 Å². The number of rotatable bonds is 2. The van der Waals surface area contributed by atoms with E-state index in [1.807, 2.05) is 6.92 Å². The van der Waals surface area contributed by atoms with Gasteiger partial charge in [0.15, 0.2) is 5.82 Å². The molecule has 2 heterocycles. The van der Waals surface area contributed by atoms with Gasteiger partial charge in [-0.3, -0.25) is 4.79 Å². The SMILES string of the molecule is CCNC(=O)c1cnc2ncc[nH]c1-2. The summed E-state index contributed by atoms with van der Waals surface area (Å²) in [5, 5.41) is 2.71. The van der Waals surface area contributed by atoms with Crippen molar-refractivity contribution in [2.75, 3.05) is 6.54 Å². The van der Waals surface area contributed by atoms with Gasteiger partial charge in [-0.15, -0.1) is 0 Å². The van der Waals surface area contributed by atoms with Gasteiger partial charge in [-0.1, -0.05) is 0 Å². The van der Waals surface area contributed by atoms with Crippen LogP contribution in [0.25, 0.3) is 11.5 Å². The molecule has 2 N–H and O–H groups in total. The van der Waals surface area contributed by atoms with Crippen LogP contribution in [0, 0.1) is 0 Å². The Morgan fingerprint density at radius 1 is 1.57 bits per heavy atom. The first kappa shape index (κ1) is 8.68. The molecule has 1 amide bonds. The molecule has 0 bridgehead atoms. The summed E-state index contributed by atoms with van der Waals surface area (Å²) in [6.45, 7) is 2.48. The van der Waals surface area contributed by atoms with Crippen molar-refractivity contribution in [3.63, 3.8) is 0 Å². The van der Waals surface area contributed by atoms with E-state index in [4.69, 9.17) is 0 Å². The number of H-pyrrole nitrogens is 1. The Morgan fingerprint density at radius 2 is 2.43 bits per heavy atom. The first-order chi connectivity index (χ1) is 6.83. The van der Waals surface area contributed by atoms with Crippen LogP contribution in [-0.2, 0) is 0 Å². The van der Waals surface area contributed by atoms with Gasteiger partial charge in [0, 0.05) is 25.1 Å². The number of carbonyl (C=O) groups is 1. The van der Waals surface area contributed by atoms with Crippen LogP contribution in [0.5, 0.6) is 0 Å². The van der Waals surface area contributed by atoms with E-state index in [0.717, 1.165) is 0 Å². The van der Waals surface area contributed by atoms with Gasteiger partial charge in [-0.2, -0.15) is 0 Å². The van der Waals surface area contributed by atoms with Gasteiger partial charge >= 0.3 is 0 Å². The van der Waals surface area contributed by atoms with Gasteiger partial charge in [-0.05, 0) is 6.92 Å². The Kier molecular flexibility index (Phi) is 2.14. The third kappa shape index (κ3) is 1.32. The number of hydrogen-bond donors (Lipinski definition) is 2. The smallest absolute Gasteiger partial charge is 0.255 e. The van der Waals surface area contributed by atoms with Gasteiger partial charge in [-0.25, -0.2) is 9.97 Å². The molecule has 2 aliphatic heterocycles. The molecular formula is C9H10N4O. The molecule has 0 aromatic rings. The summed E-state index contributed by atoms with van der Waals surface area (Å²) in [5.74, 6) is 0.438. The summed E-state index contributed by atoms with van der Waals surface area (Å²) >= 11 is 0. The Morgan fingerprint density at radius 3 is 3.21 bits per heavy atom. The van der Waals surface area contributed by atoms with Crippen LogP contribution in [0.4, 0.5) is 0 Å². The zero-order valence-corrected chi connectivity index (χ0v) is 7.74. The molecular weight excluding hydrogens is 180 g/mol. The number of nitrogens with zero attached hydrogens (tertiary/aromatic N) is 2. The Labute approximate surface area is 80.9 Å². The number of carbonyl (C=O) groups excluding carboxylic acids is 1. The van der Waals surface area contributed by atoms with E-state index in [1.54, 1.807) is 12.4 Å². The largest absolute Gasteiger partial charge is 0.356 e. The molecule has 5 heteroatoms. The lowest BCUT2D eigenvalue weighted by molar-refractivity contribution is 0.0956. The molecule has 0 unspecified atom stereocenters. The molecule has 0 radical (unpaired) electrons. The second-order valence-electron chi connectivity index (χ2n) is 2.82. The number of aromatic nitrogens is 3. The van der Waals surface area contributed by atoms with Gasteiger partial charge in [0.2, 0.25) is 0 Å². The highest BCUT2D eigenvalue weighted by Gasteiger charge is 2.17. The third-order valence-corrected chi connectivity index (χ3v) is 1.89. The maximum absolute atomic E-state index is 11.5. The molecule has 14 heavy (non-hydrogen) atoms. The van der Waals surface area contributed by atoms with E-state index in [0.29, 0.717) is 23.6 Å². The maximum Gasteiger partial charge on any atom is 0.255 e. The van der Waals surface area contributed by atoms with Crippen LogP contribution in [0.2, 0.25) is 0 Å². The molecule has 5 nitrogen and oxygen atoms in total. The third-order valence-electron chi connectivity index (χ3n) is 1.89. The maximum atomic E-state index is 11.5. The van der Waals surface area contributed by atoms with Crippen molar-refractivity contribution < 1.29 is 4.79 Å². The predicted octanol–water partition coefficient (Wildman–Crippen LogP) is 0.659. The van der Waals surface area contributed by atoms with Crippen molar-refractivity contribution >= 4 is 5.91 Å². The highest BCUT2D eigenvalue weighted by atomic mass is 16.1. The molecule has 0 spiro atoms. The van der Waals surface area contributed by atoms with E-state index in [2.05, 4.69) is 20.3 Å². The Bertz CT molecular complexity index is 423. The second kappa shape index (κ2) is 3.45. The summed E-state index contributed by atoms with van der Waals surface area (Å²) in [6, 6.07) is 0. The molecule has 0 aromatic heterocycles. The van der Waals surface area contributed by atoms with E-state index >= 15 is 0 Å². The van der Waals surface area contributed by atoms with Crippen LogP contribution < -0.4 is 5.32 Å². The molecule has 0 fully saturated rings. The fourth-order valence-electron chi connectivity index (χ4n) is 1.27. The molecule has 0 saturated heterocycles. The van der Waals surface area contributed by atoms with Gasteiger partial charge < -0.3 is 10.3 Å². The summed E-state index contributed by atoms with van der Waals surface area (Å²) in [5.41, 5.74) is 1.22. The van der Waals surface area contributed by atoms with E-state index in [9.17, 15) is 4.79 Å². The first-order valence-corrected chi connectivity index (χ1v) is 4.39. The van der Waals surface area contributed by atoms with Crippen LogP contribution in [-0.4, -0.2) is 27.4 Å². The van der Waals surface area contributed by atoms with Crippen molar-refractivity contribution in [3.05, 3.63) is 24.2 Å². The highest BCUT2D eigenvalue weighted by Crippen LogP contribution is 2.18. The normalized spacial score (nSPS) is 10.4. The molecule has 72 valence electrons. The molecule has 2 rings (SSSR count). The minimum absolute atomic E-state index is 0.126. The summed E-state index contributed by atoms with van der Waals surface area (Å²) in [4.78, 5) is 22.5. The number of fused-ring (bicyclic) bond motifs is 1. The monoisotopic (exact) mass is 190 g/mol. The van der Waals surface area contributed by atoms with Gasteiger partial charge in [0.1, 0.15) is 0 Å². The number of hydrogen-bond acceptors (Lipinski definition) is 3. The number of amides is 1. The Hall–Kier alpha value is -1.91. The Balaban J connectivity index is 2.40. The van der Waals surface area contributed by atoms with Crippen LogP contribution >= 0.6 is 0 Å². The van der Waals surface area contributed by atoms with Crippen LogP contribution in [0.15, 0.2) is 18.6 Å². The van der Waals surface area contributed by atoms with E-state index in [1.165, 1.54) is 6.20 Å². The standard InChI is InChI=1S/C9H10N4O/c1-2-10-9(14)6-5-13-8-7(6)11-3-4-12-8/h3-5,11H,2H2,1H3,(H,10,14). The van der Waals surface area contributed by atoms with Crippen molar-refractivity contribution in [1.29, 1.82) is 0 Å². The minimum Gasteiger partial charge on any atom is -0.356 e. The number of nitrogens with one attached hydrogen (secondary N) is 2. The zero-order chi connectivity index (χ0) is 9.97. The molecule has 0 aromatic carbocycles. The molecule has 0 aliphatic carbocycles. The van der Waals surface area contributed by atoms with Crippen molar-refractivity contribution in [2.45, 2.75) is 6.92 Å². The van der Waals surface area contributed by atoms with E-state index in [-0.39, 0.29) is 5.91 Å². The minimum atomic E-state index is -0.126. The molecule has 0 atom stereocenters. The fraction of sp³-hybridized carbons (Fsp3) is 0.222. The lowest BCUT2D eigenvalue weighted by Crippen LogP contribution is -2.22. The second-order valence-corrected chi connectivity index (χ2v) is 2.82. The average Bonchev–Trinajstić information content (AvgIpc) is 2.61. The van der Waals surface area contributed by atoms with Gasteiger partial charge in [0.05, 0.1) is 11.3 Å². The average molecular weight is 190 g/mol. The van der Waals surface area contributed by atoms with Crippen molar-refractivity contribution in [1.82, 2.24) is 20.3 Å². The summed E-state index contributed by atoms with van der Waals surface area (Å²) in [6.07, 6.45) is 4.81. The lowest BCUT2D eigenvalue weighted by atomic mass is 10.2. The van der Waals surface area contributed by atoms with Crippen LogP contribution in [0.1, 0.15) is 17.3 Å². The summed E-state index contributed by atoms with van der Waals surface area (Å²) < 4.78 is 0. The predicted molar refractivity (Wildman–Crippen MR) is 51.0 cm³/mol. The first-order valence-electron chi connectivity index (χ1n) is 4.39. The van der Waals surface area contributed by atoms with Gasteiger partial charge in [0.25, 0.3) is 5.91 Å². The highest BCUT2D eigenvalue weighted by molar-refractivity contribution is 5.99. The molecule has 0 saturated carbocycles. The molecule has 2 aliphatic rings.